The lowest BCUT2D eigenvalue weighted by atomic mass is 10.0. The maximum absolute atomic E-state index is 11.8. The first-order valence-electron chi connectivity index (χ1n) is 5.52. The number of aliphatic hydroxyl groups is 1. The lowest BCUT2D eigenvalue weighted by Gasteiger charge is -2.23. The van der Waals surface area contributed by atoms with E-state index in [4.69, 9.17) is 10.5 Å². The van der Waals surface area contributed by atoms with Gasteiger partial charge in [-0.15, -0.1) is 0 Å². The fourth-order valence-corrected chi connectivity index (χ4v) is 1.47. The molecule has 1 aromatic rings. The van der Waals surface area contributed by atoms with Crippen LogP contribution in [0.4, 0.5) is 0 Å². The normalized spacial score (nSPS) is 13.2. The van der Waals surface area contributed by atoms with E-state index >= 15 is 0 Å². The molecule has 4 nitrogen and oxygen atoms in total. The predicted octanol–water partition coefficient (Wildman–Crippen LogP) is 1.52. The topological polar surface area (TPSA) is 72.5 Å². The highest BCUT2D eigenvalue weighted by atomic mass is 16.6. The molecule has 0 bridgehead atoms. The van der Waals surface area contributed by atoms with Crippen molar-refractivity contribution in [3.63, 3.8) is 0 Å². The van der Waals surface area contributed by atoms with Gasteiger partial charge in [0.25, 0.3) is 0 Å². The van der Waals surface area contributed by atoms with Crippen molar-refractivity contribution >= 4 is 5.97 Å². The zero-order chi connectivity index (χ0) is 13.1. The van der Waals surface area contributed by atoms with Gasteiger partial charge in [0.1, 0.15) is 11.6 Å². The molecule has 0 radical (unpaired) electrons. The molecule has 1 aromatic carbocycles. The minimum Gasteiger partial charge on any atom is -0.459 e. The summed E-state index contributed by atoms with van der Waals surface area (Å²) in [4.78, 5) is 11.8. The SMILES string of the molecule is CC(C)(C)OC(=O)C(N)c1ccccc1CO. The summed E-state index contributed by atoms with van der Waals surface area (Å²) in [5, 5.41) is 9.17. The molecule has 0 aliphatic heterocycles. The summed E-state index contributed by atoms with van der Waals surface area (Å²) in [6, 6.07) is 6.16. The van der Waals surface area contributed by atoms with Crippen LogP contribution < -0.4 is 5.73 Å². The van der Waals surface area contributed by atoms with Crippen molar-refractivity contribution in [1.29, 1.82) is 0 Å². The van der Waals surface area contributed by atoms with Gasteiger partial charge in [-0.1, -0.05) is 24.3 Å². The first-order valence-corrected chi connectivity index (χ1v) is 5.52. The average molecular weight is 237 g/mol. The van der Waals surface area contributed by atoms with E-state index < -0.39 is 17.6 Å². The molecule has 0 saturated carbocycles. The van der Waals surface area contributed by atoms with Crippen molar-refractivity contribution in [2.45, 2.75) is 39.0 Å². The molecule has 0 aliphatic rings. The number of nitrogens with two attached hydrogens (primary N) is 1. The molecule has 3 N–H and O–H groups in total. The first-order chi connectivity index (χ1) is 7.85. The number of hydrogen-bond donors (Lipinski definition) is 2. The van der Waals surface area contributed by atoms with Gasteiger partial charge in [0, 0.05) is 0 Å². The molecule has 17 heavy (non-hydrogen) atoms. The van der Waals surface area contributed by atoms with Gasteiger partial charge in [-0.25, -0.2) is 4.79 Å². The van der Waals surface area contributed by atoms with Gasteiger partial charge < -0.3 is 15.6 Å². The Bertz CT molecular complexity index is 396. The Morgan fingerprint density at radius 3 is 2.53 bits per heavy atom. The van der Waals surface area contributed by atoms with Crippen LogP contribution in [0.25, 0.3) is 0 Å². The highest BCUT2D eigenvalue weighted by Gasteiger charge is 2.24. The van der Waals surface area contributed by atoms with Gasteiger partial charge >= 0.3 is 5.97 Å². The lowest BCUT2D eigenvalue weighted by molar-refractivity contribution is -0.156. The van der Waals surface area contributed by atoms with E-state index in [9.17, 15) is 9.90 Å². The third-order valence-corrected chi connectivity index (χ3v) is 2.22. The third-order valence-electron chi connectivity index (χ3n) is 2.22. The second-order valence-electron chi connectivity index (χ2n) is 4.87. The molecule has 1 unspecified atom stereocenters. The molecule has 0 aromatic heterocycles. The molecule has 1 rings (SSSR count). The summed E-state index contributed by atoms with van der Waals surface area (Å²) >= 11 is 0. The van der Waals surface area contributed by atoms with E-state index in [1.165, 1.54) is 0 Å². The Morgan fingerprint density at radius 2 is 2.00 bits per heavy atom. The van der Waals surface area contributed by atoms with Gasteiger partial charge in [0.15, 0.2) is 0 Å². The summed E-state index contributed by atoms with van der Waals surface area (Å²) in [7, 11) is 0. The van der Waals surface area contributed by atoms with Crippen LogP contribution in [-0.2, 0) is 16.1 Å². The first kappa shape index (κ1) is 13.7. The van der Waals surface area contributed by atoms with Crippen molar-refractivity contribution in [2.24, 2.45) is 5.73 Å². The van der Waals surface area contributed by atoms with Crippen LogP contribution in [0.5, 0.6) is 0 Å². The van der Waals surface area contributed by atoms with E-state index in [1.54, 1.807) is 45.0 Å². The van der Waals surface area contributed by atoms with Crippen molar-refractivity contribution in [1.82, 2.24) is 0 Å². The van der Waals surface area contributed by atoms with E-state index in [0.717, 1.165) is 0 Å². The van der Waals surface area contributed by atoms with Gasteiger partial charge in [-0.3, -0.25) is 0 Å². The average Bonchev–Trinajstić information content (AvgIpc) is 2.25. The molecule has 0 fully saturated rings. The number of rotatable bonds is 3. The zero-order valence-corrected chi connectivity index (χ0v) is 10.4. The van der Waals surface area contributed by atoms with Gasteiger partial charge in [0.2, 0.25) is 0 Å². The molecule has 0 saturated heterocycles. The van der Waals surface area contributed by atoms with E-state index in [-0.39, 0.29) is 6.61 Å². The molecule has 94 valence electrons. The van der Waals surface area contributed by atoms with Crippen LogP contribution in [0, 0.1) is 0 Å². The minimum atomic E-state index is -0.863. The number of aliphatic hydroxyl groups excluding tert-OH is 1. The Labute approximate surface area is 101 Å². The van der Waals surface area contributed by atoms with E-state index in [1.807, 2.05) is 0 Å². The van der Waals surface area contributed by atoms with Crippen LogP contribution >= 0.6 is 0 Å². The second kappa shape index (κ2) is 5.29. The molecule has 0 aliphatic carbocycles. The summed E-state index contributed by atoms with van der Waals surface area (Å²) in [5.41, 5.74) is 6.52. The molecule has 0 spiro atoms. The predicted molar refractivity (Wildman–Crippen MR) is 65.1 cm³/mol. The summed E-state index contributed by atoms with van der Waals surface area (Å²) in [5.74, 6) is -0.488. The number of carbonyl (C=O) groups is 1. The van der Waals surface area contributed by atoms with Crippen molar-refractivity contribution < 1.29 is 14.6 Å². The Hall–Kier alpha value is -1.39. The maximum atomic E-state index is 11.8. The van der Waals surface area contributed by atoms with Crippen LogP contribution in [-0.4, -0.2) is 16.7 Å². The van der Waals surface area contributed by atoms with Crippen LogP contribution in [0.1, 0.15) is 37.9 Å². The van der Waals surface area contributed by atoms with Crippen molar-refractivity contribution in [2.75, 3.05) is 0 Å². The largest absolute Gasteiger partial charge is 0.459 e. The number of carbonyl (C=O) groups excluding carboxylic acids is 1. The van der Waals surface area contributed by atoms with E-state index in [2.05, 4.69) is 0 Å². The monoisotopic (exact) mass is 237 g/mol. The number of esters is 1. The molecular weight excluding hydrogens is 218 g/mol. The van der Waals surface area contributed by atoms with Crippen molar-refractivity contribution in [3.8, 4) is 0 Å². The Morgan fingerprint density at radius 1 is 1.41 bits per heavy atom. The molecule has 0 amide bonds. The summed E-state index contributed by atoms with van der Waals surface area (Å²) in [6.45, 7) is 5.22. The molecule has 0 heterocycles. The number of benzene rings is 1. The molecule has 4 heteroatoms. The number of ether oxygens (including phenoxy) is 1. The highest BCUT2D eigenvalue weighted by molar-refractivity contribution is 5.78. The molecular formula is C13H19NO3. The smallest absolute Gasteiger partial charge is 0.328 e. The summed E-state index contributed by atoms with van der Waals surface area (Å²) < 4.78 is 5.21. The van der Waals surface area contributed by atoms with Gasteiger partial charge in [-0.05, 0) is 31.9 Å². The van der Waals surface area contributed by atoms with Crippen LogP contribution in [0.3, 0.4) is 0 Å². The summed E-state index contributed by atoms with van der Waals surface area (Å²) in [6.07, 6.45) is 0. The quantitative estimate of drug-likeness (QED) is 0.782. The number of hydrogen-bond acceptors (Lipinski definition) is 4. The minimum absolute atomic E-state index is 0.146. The Kier molecular flexibility index (Phi) is 4.26. The van der Waals surface area contributed by atoms with Gasteiger partial charge in [0.05, 0.1) is 6.61 Å². The maximum Gasteiger partial charge on any atom is 0.328 e. The fourth-order valence-electron chi connectivity index (χ4n) is 1.47. The molecule has 1 atom stereocenters. The second-order valence-corrected chi connectivity index (χ2v) is 4.87. The Balaban J connectivity index is 2.89. The van der Waals surface area contributed by atoms with Crippen LogP contribution in [0.2, 0.25) is 0 Å². The highest BCUT2D eigenvalue weighted by Crippen LogP contribution is 2.20. The van der Waals surface area contributed by atoms with Crippen LogP contribution in [0.15, 0.2) is 24.3 Å². The van der Waals surface area contributed by atoms with Gasteiger partial charge in [-0.2, -0.15) is 0 Å². The fraction of sp³-hybridized carbons (Fsp3) is 0.462. The lowest BCUT2D eigenvalue weighted by Crippen LogP contribution is -2.32. The zero-order valence-electron chi connectivity index (χ0n) is 10.4. The van der Waals surface area contributed by atoms with E-state index in [0.29, 0.717) is 11.1 Å². The van der Waals surface area contributed by atoms with Crippen molar-refractivity contribution in [3.05, 3.63) is 35.4 Å². The standard InChI is InChI=1S/C13H19NO3/c1-13(2,3)17-12(16)11(14)10-7-5-4-6-9(10)8-15/h4-7,11,15H,8,14H2,1-3H3. The third kappa shape index (κ3) is 3.84.